The van der Waals surface area contributed by atoms with Gasteiger partial charge in [-0.2, -0.15) is 4.31 Å². The van der Waals surface area contributed by atoms with Crippen molar-refractivity contribution in [2.45, 2.75) is 113 Å². The molecule has 2 N–H and O–H groups in total. The zero-order valence-electron chi connectivity index (χ0n) is 25.5. The fourth-order valence-electron chi connectivity index (χ4n) is 4.64. The zero-order chi connectivity index (χ0) is 29.9. The molecule has 9 heteroatoms. The third-order valence-corrected chi connectivity index (χ3v) is 9.74. The second-order valence-corrected chi connectivity index (χ2v) is 14.7. The molecule has 0 radical (unpaired) electrons. The van der Waals surface area contributed by atoms with Crippen molar-refractivity contribution in [3.05, 3.63) is 58.2 Å². The molecule has 0 amide bonds. The molecule has 1 aliphatic rings. The summed E-state index contributed by atoms with van der Waals surface area (Å²) in [4.78, 5) is 18.4. The first kappa shape index (κ1) is 36.0. The van der Waals surface area contributed by atoms with E-state index in [4.69, 9.17) is 9.05 Å². The Balaban J connectivity index is 2.95. The molecule has 1 aliphatic carbocycles. The molecular weight excluding hydrogens is 534 g/mol. The van der Waals surface area contributed by atoms with Crippen LogP contribution in [0.15, 0.2) is 58.2 Å². The number of allylic oxidation sites excluding steroid dienone is 9. The first-order chi connectivity index (χ1) is 18.0. The Kier molecular flexibility index (Phi) is 15.1. The van der Waals surface area contributed by atoms with Crippen molar-refractivity contribution in [2.24, 2.45) is 11.3 Å². The number of hydrogen-bond acceptors (Lipinski definition) is 5. The predicted octanol–water partition coefficient (Wildman–Crippen LogP) is 9.76. The van der Waals surface area contributed by atoms with Crippen LogP contribution in [-0.4, -0.2) is 23.0 Å². The summed E-state index contributed by atoms with van der Waals surface area (Å²) in [5.74, 6) is -0.0662. The largest absolute Gasteiger partial charge is 0.483 e. The van der Waals surface area contributed by atoms with Gasteiger partial charge in [-0.25, -0.2) is 9.13 Å². The second-order valence-electron chi connectivity index (χ2n) is 11.6. The highest BCUT2D eigenvalue weighted by molar-refractivity contribution is 7.61. The molecule has 0 aromatic carbocycles. The van der Waals surface area contributed by atoms with Gasteiger partial charge in [0.2, 0.25) is 0 Å². The molecule has 224 valence electrons. The van der Waals surface area contributed by atoms with Crippen LogP contribution in [-0.2, 0) is 22.5 Å². The average Bonchev–Trinajstić information content (AvgIpc) is 3.31. The van der Waals surface area contributed by atoms with Gasteiger partial charge < -0.3 is 9.79 Å². The van der Waals surface area contributed by atoms with Gasteiger partial charge in [0.25, 0.3) is 0 Å². The fraction of sp³-hybridized carbons (Fsp3) is 0.667. The monoisotopic (exact) mass is 586 g/mol. The molecular formula is C30H52O7P2. The smallest absolute Gasteiger partial charge is 0.302 e. The van der Waals surface area contributed by atoms with Crippen molar-refractivity contribution < 1.29 is 32.3 Å². The Labute approximate surface area is 237 Å². The van der Waals surface area contributed by atoms with Crippen LogP contribution in [0.2, 0.25) is 0 Å². The van der Waals surface area contributed by atoms with E-state index in [9.17, 15) is 18.9 Å². The maximum Gasteiger partial charge on any atom is 0.483 e. The SMILES string of the molecule is COP(=O)(OC1C(C=C(C)CCC=C(C)CCC=C(C)C)C1(C)CCC=C(C)CCC=C(C)C)OP(=O)(O)O. The van der Waals surface area contributed by atoms with Crippen molar-refractivity contribution in [2.75, 3.05) is 7.11 Å². The van der Waals surface area contributed by atoms with Gasteiger partial charge in [0.05, 0.1) is 6.10 Å². The molecule has 1 rings (SSSR count). The van der Waals surface area contributed by atoms with E-state index < -0.39 is 21.7 Å². The van der Waals surface area contributed by atoms with Gasteiger partial charge in [0, 0.05) is 18.4 Å². The maximum absolute atomic E-state index is 12.9. The molecule has 0 aliphatic heterocycles. The lowest BCUT2D eigenvalue weighted by Gasteiger charge is -2.17. The van der Waals surface area contributed by atoms with Crippen LogP contribution in [0, 0.1) is 11.3 Å². The summed E-state index contributed by atoms with van der Waals surface area (Å²) in [5.41, 5.74) is 6.18. The van der Waals surface area contributed by atoms with E-state index in [-0.39, 0.29) is 11.3 Å². The number of rotatable bonds is 18. The molecule has 0 aromatic heterocycles. The number of hydrogen-bond donors (Lipinski definition) is 2. The number of phosphoric ester groups is 1. The normalized spacial score (nSPS) is 23.8. The first-order valence-corrected chi connectivity index (χ1v) is 16.9. The summed E-state index contributed by atoms with van der Waals surface area (Å²) < 4.78 is 39.2. The standard InChI is InChI=1S/C30H52O7P2/c1-23(2)14-10-16-25(5)18-12-19-27(7)22-28-29(36-39(34,35-9)37-38(31,32)33)30(28,8)21-13-20-26(6)17-11-15-24(3)4/h14-15,18,20,22,28-29H,10-13,16-17,19,21H2,1-9H3,(H2,31,32,33). The van der Waals surface area contributed by atoms with Crippen molar-refractivity contribution >= 4 is 15.6 Å². The van der Waals surface area contributed by atoms with Crippen molar-refractivity contribution in [3.8, 4) is 0 Å². The van der Waals surface area contributed by atoms with Crippen molar-refractivity contribution in [1.29, 1.82) is 0 Å². The van der Waals surface area contributed by atoms with Crippen LogP contribution in [0.3, 0.4) is 0 Å². The highest BCUT2D eigenvalue weighted by Crippen LogP contribution is 2.69. The molecule has 1 fully saturated rings. The summed E-state index contributed by atoms with van der Waals surface area (Å²) in [7, 11) is -8.43. The summed E-state index contributed by atoms with van der Waals surface area (Å²) >= 11 is 0. The maximum atomic E-state index is 12.9. The van der Waals surface area contributed by atoms with E-state index in [1.165, 1.54) is 27.9 Å². The lowest BCUT2D eigenvalue weighted by molar-refractivity contribution is 0.135. The summed E-state index contributed by atoms with van der Waals surface area (Å²) in [6.07, 6.45) is 18.2. The lowest BCUT2D eigenvalue weighted by Crippen LogP contribution is -2.06. The minimum Gasteiger partial charge on any atom is -0.302 e. The van der Waals surface area contributed by atoms with Gasteiger partial charge in [-0.15, -0.1) is 0 Å². The quantitative estimate of drug-likeness (QED) is 0.122. The Morgan fingerprint density at radius 3 is 1.69 bits per heavy atom. The van der Waals surface area contributed by atoms with E-state index in [1.807, 2.05) is 0 Å². The molecule has 0 aromatic rings. The molecule has 4 atom stereocenters. The van der Waals surface area contributed by atoms with E-state index in [0.717, 1.165) is 58.5 Å². The van der Waals surface area contributed by atoms with Crippen LogP contribution in [0.4, 0.5) is 0 Å². The van der Waals surface area contributed by atoms with Gasteiger partial charge in [-0.1, -0.05) is 65.2 Å². The highest BCUT2D eigenvalue weighted by atomic mass is 31.3. The molecule has 0 bridgehead atoms. The third-order valence-electron chi connectivity index (χ3n) is 7.16. The summed E-state index contributed by atoms with van der Waals surface area (Å²) in [6, 6.07) is 0. The molecule has 1 saturated carbocycles. The van der Waals surface area contributed by atoms with E-state index in [1.54, 1.807) is 0 Å². The molecule has 0 spiro atoms. The minimum absolute atomic E-state index is 0.0662. The molecule has 39 heavy (non-hydrogen) atoms. The van der Waals surface area contributed by atoms with Crippen LogP contribution in [0.25, 0.3) is 0 Å². The van der Waals surface area contributed by atoms with Gasteiger partial charge >= 0.3 is 15.6 Å². The third kappa shape index (κ3) is 14.4. The summed E-state index contributed by atoms with van der Waals surface area (Å²) in [5, 5.41) is 0. The Hall–Kier alpha value is -1.04. The zero-order valence-corrected chi connectivity index (χ0v) is 27.3. The van der Waals surface area contributed by atoms with Crippen molar-refractivity contribution in [1.82, 2.24) is 0 Å². The van der Waals surface area contributed by atoms with E-state index in [2.05, 4.69) is 90.1 Å². The van der Waals surface area contributed by atoms with E-state index in [0.29, 0.717) is 0 Å². The first-order valence-electron chi connectivity index (χ1n) is 13.9. The molecule has 0 heterocycles. The molecule has 4 unspecified atom stereocenters. The predicted molar refractivity (Wildman–Crippen MR) is 161 cm³/mol. The van der Waals surface area contributed by atoms with E-state index >= 15 is 0 Å². The highest BCUT2D eigenvalue weighted by Gasteiger charge is 2.63. The van der Waals surface area contributed by atoms with Crippen LogP contribution < -0.4 is 0 Å². The van der Waals surface area contributed by atoms with Crippen LogP contribution in [0.5, 0.6) is 0 Å². The van der Waals surface area contributed by atoms with Crippen molar-refractivity contribution in [3.63, 3.8) is 0 Å². The lowest BCUT2D eigenvalue weighted by atomic mass is 9.96. The average molecular weight is 587 g/mol. The molecule has 7 nitrogen and oxygen atoms in total. The Morgan fingerprint density at radius 1 is 0.769 bits per heavy atom. The Bertz CT molecular complexity index is 1040. The van der Waals surface area contributed by atoms with Crippen LogP contribution in [0.1, 0.15) is 107 Å². The Morgan fingerprint density at radius 2 is 1.23 bits per heavy atom. The van der Waals surface area contributed by atoms with Gasteiger partial charge in [0.15, 0.2) is 0 Å². The van der Waals surface area contributed by atoms with Gasteiger partial charge in [0.1, 0.15) is 0 Å². The van der Waals surface area contributed by atoms with Gasteiger partial charge in [-0.05, 0) is 99.8 Å². The minimum atomic E-state index is -5.06. The number of phosphoric acid groups is 2. The second kappa shape index (κ2) is 16.4. The van der Waals surface area contributed by atoms with Gasteiger partial charge in [-0.3, -0.25) is 9.05 Å². The summed E-state index contributed by atoms with van der Waals surface area (Å²) in [6.45, 7) is 16.9. The molecule has 0 saturated heterocycles. The van der Waals surface area contributed by atoms with Crippen LogP contribution >= 0.6 is 15.6 Å². The fourth-order valence-corrected chi connectivity index (χ4v) is 6.84. The topological polar surface area (TPSA) is 102 Å².